The van der Waals surface area contributed by atoms with E-state index in [4.69, 9.17) is 5.73 Å². The van der Waals surface area contributed by atoms with Crippen LogP contribution in [0.1, 0.15) is 42.4 Å². The number of halogens is 1. The molecule has 0 saturated heterocycles. The largest absolute Gasteiger partial charge is 0.399 e. The number of benzene rings is 2. The Balaban J connectivity index is 2.12. The smallest absolute Gasteiger partial charge is 0.267 e. The van der Waals surface area contributed by atoms with Crippen molar-refractivity contribution in [3.63, 3.8) is 0 Å². The van der Waals surface area contributed by atoms with Gasteiger partial charge in [0, 0.05) is 22.4 Å². The van der Waals surface area contributed by atoms with Gasteiger partial charge in [-0.1, -0.05) is 38.5 Å². The highest BCUT2D eigenvalue weighted by atomic mass is 32.2. The van der Waals surface area contributed by atoms with Gasteiger partial charge >= 0.3 is 0 Å². The first-order valence-electron chi connectivity index (χ1n) is 9.59. The monoisotopic (exact) mass is 441 g/mol. The molecule has 1 heterocycles. The lowest BCUT2D eigenvalue weighted by atomic mass is 9.90. The second-order valence-corrected chi connectivity index (χ2v) is 10.0. The normalized spacial score (nSPS) is 11.9. The summed E-state index contributed by atoms with van der Waals surface area (Å²) >= 11 is 0. The summed E-state index contributed by atoms with van der Waals surface area (Å²) in [5.74, 6) is -1.47. The molecule has 8 heteroatoms. The molecule has 0 atom stereocenters. The van der Waals surface area contributed by atoms with Crippen molar-refractivity contribution in [2.24, 2.45) is 0 Å². The van der Waals surface area contributed by atoms with Gasteiger partial charge in [-0.2, -0.15) is 0 Å². The van der Waals surface area contributed by atoms with Crippen molar-refractivity contribution in [1.82, 2.24) is 9.71 Å². The zero-order chi connectivity index (χ0) is 23.0. The van der Waals surface area contributed by atoms with Crippen molar-refractivity contribution in [3.8, 4) is 11.3 Å². The van der Waals surface area contributed by atoms with Crippen LogP contribution in [0.25, 0.3) is 11.3 Å². The van der Waals surface area contributed by atoms with Gasteiger partial charge in [-0.15, -0.1) is 0 Å². The number of aryl methyl sites for hydroxylation is 1. The molecule has 0 aliphatic heterocycles. The number of pyridine rings is 1. The van der Waals surface area contributed by atoms with Gasteiger partial charge in [0.1, 0.15) is 5.82 Å². The molecule has 3 aromatic rings. The highest BCUT2D eigenvalue weighted by molar-refractivity contribution is 7.90. The average Bonchev–Trinajstić information content (AvgIpc) is 2.68. The lowest BCUT2D eigenvalue weighted by Crippen LogP contribution is -2.31. The Bertz CT molecular complexity index is 1270. The number of amides is 1. The maximum atomic E-state index is 14.7. The van der Waals surface area contributed by atoms with E-state index in [0.29, 0.717) is 5.69 Å². The Morgan fingerprint density at radius 2 is 1.77 bits per heavy atom. The summed E-state index contributed by atoms with van der Waals surface area (Å²) in [5, 5.41) is 0. The van der Waals surface area contributed by atoms with E-state index in [0.717, 1.165) is 5.56 Å². The Morgan fingerprint density at radius 3 is 2.42 bits per heavy atom. The summed E-state index contributed by atoms with van der Waals surface area (Å²) in [6, 6.07) is 13.2. The number of carbonyl (C=O) groups is 1. The average molecular weight is 442 g/mol. The van der Waals surface area contributed by atoms with Crippen molar-refractivity contribution in [2.45, 2.75) is 38.0 Å². The summed E-state index contributed by atoms with van der Waals surface area (Å²) in [4.78, 5) is 17.4. The standard InChI is InChI=1S/C23H24FN3O3S/c1-14-8-10-19(24)18(12-14)21-17(9-11-20(26-21)23(2,3)4)22(28)27-31(29,30)16-7-5-6-15(25)13-16/h5-13H,25H2,1-4H3,(H,27,28). The van der Waals surface area contributed by atoms with Crippen molar-refractivity contribution in [1.29, 1.82) is 0 Å². The van der Waals surface area contributed by atoms with E-state index < -0.39 is 21.7 Å². The van der Waals surface area contributed by atoms with E-state index in [1.165, 1.54) is 36.4 Å². The molecule has 0 aliphatic rings. The van der Waals surface area contributed by atoms with Crippen LogP contribution in [0.15, 0.2) is 59.5 Å². The van der Waals surface area contributed by atoms with Crippen LogP contribution in [0.3, 0.4) is 0 Å². The van der Waals surface area contributed by atoms with Crippen molar-refractivity contribution < 1.29 is 17.6 Å². The van der Waals surface area contributed by atoms with E-state index in [9.17, 15) is 17.6 Å². The molecule has 2 aromatic carbocycles. The van der Waals surface area contributed by atoms with Gasteiger partial charge in [-0.3, -0.25) is 9.78 Å². The van der Waals surface area contributed by atoms with Crippen LogP contribution in [0.5, 0.6) is 0 Å². The molecule has 1 amide bonds. The van der Waals surface area contributed by atoms with Crippen LogP contribution in [-0.2, 0) is 15.4 Å². The molecule has 0 spiro atoms. The first-order chi connectivity index (χ1) is 14.4. The molecule has 3 rings (SSSR count). The number of nitrogens with one attached hydrogen (secondary N) is 1. The molecule has 0 radical (unpaired) electrons. The Morgan fingerprint density at radius 1 is 1.06 bits per heavy atom. The van der Waals surface area contributed by atoms with Crippen LogP contribution in [0.4, 0.5) is 10.1 Å². The molecule has 0 fully saturated rings. The van der Waals surface area contributed by atoms with Gasteiger partial charge in [0.25, 0.3) is 15.9 Å². The van der Waals surface area contributed by atoms with E-state index in [-0.39, 0.29) is 32.8 Å². The maximum Gasteiger partial charge on any atom is 0.267 e. The number of nitrogen functional groups attached to an aromatic ring is 1. The zero-order valence-corrected chi connectivity index (χ0v) is 18.5. The fourth-order valence-corrected chi connectivity index (χ4v) is 4.02. The molecule has 0 saturated carbocycles. The summed E-state index contributed by atoms with van der Waals surface area (Å²) in [6.45, 7) is 7.61. The number of sulfonamides is 1. The number of anilines is 1. The minimum Gasteiger partial charge on any atom is -0.399 e. The highest BCUT2D eigenvalue weighted by Gasteiger charge is 2.25. The lowest BCUT2D eigenvalue weighted by Gasteiger charge is -2.20. The zero-order valence-electron chi connectivity index (χ0n) is 17.7. The Kier molecular flexibility index (Phi) is 5.87. The quantitative estimate of drug-likeness (QED) is 0.591. The predicted octanol–water partition coefficient (Wildman–Crippen LogP) is 4.19. The van der Waals surface area contributed by atoms with Gasteiger partial charge in [0.05, 0.1) is 16.2 Å². The van der Waals surface area contributed by atoms with Crippen LogP contribution < -0.4 is 10.5 Å². The molecule has 31 heavy (non-hydrogen) atoms. The van der Waals surface area contributed by atoms with Gasteiger partial charge in [0.2, 0.25) is 0 Å². The summed E-state index contributed by atoms with van der Waals surface area (Å²) < 4.78 is 42.1. The summed E-state index contributed by atoms with van der Waals surface area (Å²) in [7, 11) is -4.19. The first-order valence-corrected chi connectivity index (χ1v) is 11.1. The fourth-order valence-electron chi connectivity index (χ4n) is 3.00. The molecule has 0 unspecified atom stereocenters. The van der Waals surface area contributed by atoms with E-state index in [1.54, 1.807) is 25.1 Å². The Hall–Kier alpha value is -3.26. The van der Waals surface area contributed by atoms with Crippen molar-refractivity contribution in [3.05, 3.63) is 77.2 Å². The highest BCUT2D eigenvalue weighted by Crippen LogP contribution is 2.30. The second-order valence-electron chi connectivity index (χ2n) is 8.33. The van der Waals surface area contributed by atoms with Gasteiger partial charge in [-0.05, 0) is 49.4 Å². The third-order valence-electron chi connectivity index (χ3n) is 4.68. The van der Waals surface area contributed by atoms with Crippen molar-refractivity contribution in [2.75, 3.05) is 5.73 Å². The number of aromatic nitrogens is 1. The van der Waals surface area contributed by atoms with Gasteiger partial charge in [0.15, 0.2) is 0 Å². The minimum absolute atomic E-state index is 0.0509. The molecule has 0 aliphatic carbocycles. The lowest BCUT2D eigenvalue weighted by molar-refractivity contribution is 0.0981. The van der Waals surface area contributed by atoms with Crippen LogP contribution in [-0.4, -0.2) is 19.3 Å². The third-order valence-corrected chi connectivity index (χ3v) is 6.01. The molecule has 0 bridgehead atoms. The van der Waals surface area contributed by atoms with E-state index in [2.05, 4.69) is 4.98 Å². The topological polar surface area (TPSA) is 102 Å². The predicted molar refractivity (Wildman–Crippen MR) is 119 cm³/mol. The van der Waals surface area contributed by atoms with E-state index in [1.807, 2.05) is 25.5 Å². The number of hydrogen-bond acceptors (Lipinski definition) is 5. The van der Waals surface area contributed by atoms with Gasteiger partial charge < -0.3 is 5.73 Å². The molecular weight excluding hydrogens is 417 g/mol. The second kappa shape index (κ2) is 8.11. The summed E-state index contributed by atoms with van der Waals surface area (Å²) in [6.07, 6.45) is 0. The SMILES string of the molecule is Cc1ccc(F)c(-c2nc(C(C)(C)C)ccc2C(=O)NS(=O)(=O)c2cccc(N)c2)c1. The number of rotatable bonds is 4. The van der Waals surface area contributed by atoms with Gasteiger partial charge in [-0.25, -0.2) is 17.5 Å². The maximum absolute atomic E-state index is 14.7. The molecular formula is C23H24FN3O3S. The van der Waals surface area contributed by atoms with Crippen LogP contribution in [0, 0.1) is 12.7 Å². The Labute approximate surface area is 181 Å². The fraction of sp³-hybridized carbons (Fsp3) is 0.217. The van der Waals surface area contributed by atoms with Crippen LogP contribution in [0.2, 0.25) is 0 Å². The number of carbonyl (C=O) groups excluding carboxylic acids is 1. The molecule has 1 aromatic heterocycles. The number of nitrogens with two attached hydrogens (primary N) is 1. The number of nitrogens with zero attached hydrogens (tertiary/aromatic N) is 1. The van der Waals surface area contributed by atoms with Crippen molar-refractivity contribution >= 4 is 21.6 Å². The number of hydrogen-bond donors (Lipinski definition) is 2. The third kappa shape index (κ3) is 4.91. The minimum atomic E-state index is -4.19. The van der Waals surface area contributed by atoms with Crippen LogP contribution >= 0.6 is 0 Å². The molecule has 3 N–H and O–H groups in total. The first kappa shape index (κ1) is 22.4. The summed E-state index contributed by atoms with van der Waals surface area (Å²) in [5.41, 5.74) is 7.10. The molecule has 162 valence electrons. The van der Waals surface area contributed by atoms with E-state index >= 15 is 0 Å². The molecule has 6 nitrogen and oxygen atoms in total.